The number of carboxylic acids is 1. The number of pyridine rings is 2. The Morgan fingerprint density at radius 3 is 1.49 bits per heavy atom. The number of hydrogen-bond acceptors (Lipinski definition) is 11. The predicted molar refractivity (Wildman–Crippen MR) is 272 cm³/mol. The van der Waals surface area contributed by atoms with Crippen LogP contribution in [0.25, 0.3) is 0 Å². The lowest BCUT2D eigenvalue weighted by atomic mass is 10.1. The van der Waals surface area contributed by atoms with E-state index in [4.69, 9.17) is 53.8 Å². The number of aromatic carboxylic acids is 1. The summed E-state index contributed by atoms with van der Waals surface area (Å²) in [6, 6.07) is 14.0. The van der Waals surface area contributed by atoms with Gasteiger partial charge in [0.25, 0.3) is 11.8 Å². The molecule has 1 saturated heterocycles. The second-order valence-corrected chi connectivity index (χ2v) is 18.7. The number of carbonyl (C=O) groups is 4. The van der Waals surface area contributed by atoms with E-state index in [0.29, 0.717) is 31.9 Å². The molecule has 14 nitrogen and oxygen atoms in total. The van der Waals surface area contributed by atoms with Gasteiger partial charge in [-0.25, -0.2) is 28.3 Å². The Balaban J connectivity index is 0.000000254. The van der Waals surface area contributed by atoms with Crippen LogP contribution in [0, 0.1) is 11.6 Å². The number of alkyl halides is 7. The number of nitrogens with zero attached hydrogens (tertiary/aromatic N) is 5. The van der Waals surface area contributed by atoms with Crippen LogP contribution >= 0.6 is 34.8 Å². The number of hydrogen-bond donors (Lipinski definition) is 1. The summed E-state index contributed by atoms with van der Waals surface area (Å²) in [7, 11) is 1.06. The van der Waals surface area contributed by atoms with Crippen LogP contribution in [-0.4, -0.2) is 89.2 Å². The Morgan fingerprint density at radius 2 is 1.09 bits per heavy atom. The Morgan fingerprint density at radius 1 is 0.654 bits per heavy atom. The summed E-state index contributed by atoms with van der Waals surface area (Å²) < 4.78 is 134. The molecule has 414 valence electrons. The fourth-order valence-corrected chi connectivity index (χ4v) is 8.18. The number of ether oxygens (including phenoxy) is 4. The average Bonchev–Trinajstić information content (AvgIpc) is 3.40. The van der Waals surface area contributed by atoms with Gasteiger partial charge in [0, 0.05) is 74.3 Å². The Hall–Kier alpha value is -7.11. The van der Waals surface area contributed by atoms with Crippen molar-refractivity contribution in [2.24, 2.45) is 0 Å². The fourth-order valence-electron chi connectivity index (χ4n) is 7.79. The van der Waals surface area contributed by atoms with Crippen LogP contribution in [0.5, 0.6) is 23.0 Å². The number of benzene rings is 4. The Labute approximate surface area is 455 Å². The first kappa shape index (κ1) is 60.1. The molecule has 78 heavy (non-hydrogen) atoms. The summed E-state index contributed by atoms with van der Waals surface area (Å²) >= 11 is 17.3. The number of aromatic nitrogens is 2. The van der Waals surface area contributed by atoms with Gasteiger partial charge in [0.1, 0.15) is 22.9 Å². The van der Waals surface area contributed by atoms with Gasteiger partial charge >= 0.3 is 24.3 Å². The summed E-state index contributed by atoms with van der Waals surface area (Å²) in [5.41, 5.74) is -3.28. The van der Waals surface area contributed by atoms with E-state index in [0.717, 1.165) is 65.4 Å². The third-order valence-corrected chi connectivity index (χ3v) is 12.2. The Bertz CT molecular complexity index is 3160. The first-order valence-corrected chi connectivity index (χ1v) is 24.5. The van der Waals surface area contributed by atoms with Crippen molar-refractivity contribution in [3.05, 3.63) is 164 Å². The van der Waals surface area contributed by atoms with E-state index in [1.807, 2.05) is 4.90 Å². The number of halogens is 11. The molecule has 7 rings (SSSR count). The number of carbonyl (C=O) groups excluding carboxylic acids is 3. The second kappa shape index (κ2) is 25.6. The topological polar surface area (TPSA) is 161 Å². The van der Waals surface area contributed by atoms with Gasteiger partial charge in [-0.05, 0) is 87.4 Å². The van der Waals surface area contributed by atoms with Crippen molar-refractivity contribution < 1.29 is 78.4 Å². The molecule has 0 atom stereocenters. The maximum Gasteiger partial charge on any atom is 0.419 e. The molecule has 25 heteroatoms. The van der Waals surface area contributed by atoms with Gasteiger partial charge in [-0.1, -0.05) is 35.3 Å². The molecule has 6 aromatic rings. The smallest absolute Gasteiger partial charge is 0.419 e. The molecule has 3 heterocycles. The lowest BCUT2D eigenvalue weighted by Gasteiger charge is -2.28. The molecule has 2 aromatic heterocycles. The molecule has 1 N–H and O–H groups in total. The van der Waals surface area contributed by atoms with Gasteiger partial charge in [-0.3, -0.25) is 14.5 Å². The number of morpholine rings is 1. The molecule has 0 saturated carbocycles. The van der Waals surface area contributed by atoms with Crippen LogP contribution in [0.15, 0.2) is 97.3 Å². The summed E-state index contributed by atoms with van der Waals surface area (Å²) in [5.74, 6) is -9.26. The maximum absolute atomic E-state index is 15.3. The minimum atomic E-state index is -4.84. The molecule has 2 amide bonds. The van der Waals surface area contributed by atoms with Gasteiger partial charge in [-0.15, -0.1) is 11.6 Å². The number of esters is 1. The zero-order valence-electron chi connectivity index (χ0n) is 41.7. The largest absolute Gasteiger partial charge is 0.478 e. The maximum atomic E-state index is 15.3. The van der Waals surface area contributed by atoms with Gasteiger partial charge in [0.05, 0.1) is 64.0 Å². The average molecular weight is 1160 g/mol. The fraction of sp³-hybridized carbons (Fsp3) is 0.283. The highest BCUT2D eigenvalue weighted by Gasteiger charge is 2.38. The zero-order valence-corrected chi connectivity index (χ0v) is 44.0. The quantitative estimate of drug-likeness (QED) is 0.0589. The van der Waals surface area contributed by atoms with Crippen LogP contribution in [0.1, 0.15) is 91.6 Å². The lowest BCUT2D eigenvalue weighted by Crippen LogP contribution is -2.38. The van der Waals surface area contributed by atoms with E-state index in [9.17, 15) is 50.6 Å². The van der Waals surface area contributed by atoms with Crippen molar-refractivity contribution in [1.82, 2.24) is 14.9 Å². The normalized spacial score (nSPS) is 12.9. The highest BCUT2D eigenvalue weighted by molar-refractivity contribution is 6.30. The Kier molecular flexibility index (Phi) is 19.7. The monoisotopic (exact) mass is 1150 g/mol. The second-order valence-electron chi connectivity index (χ2n) is 17.5. The van der Waals surface area contributed by atoms with Crippen molar-refractivity contribution in [3.8, 4) is 23.0 Å². The van der Waals surface area contributed by atoms with Crippen molar-refractivity contribution in [2.75, 3.05) is 43.2 Å². The van der Waals surface area contributed by atoms with Gasteiger partial charge in [-0.2, -0.15) is 26.3 Å². The predicted octanol–water partition coefficient (Wildman–Crippen LogP) is 13.5. The summed E-state index contributed by atoms with van der Waals surface area (Å²) in [6.45, 7) is 8.73. The van der Waals surface area contributed by atoms with E-state index in [1.165, 1.54) is 48.8 Å². The molecule has 1 aliphatic heterocycles. The third-order valence-electron chi connectivity index (χ3n) is 11.4. The molecular weight excluding hydrogens is 1110 g/mol. The van der Waals surface area contributed by atoms with Gasteiger partial charge < -0.3 is 33.9 Å². The van der Waals surface area contributed by atoms with E-state index >= 15 is 8.78 Å². The molecule has 0 bridgehead atoms. The van der Waals surface area contributed by atoms with Crippen molar-refractivity contribution in [1.29, 1.82) is 0 Å². The molecule has 0 radical (unpaired) electrons. The summed E-state index contributed by atoms with van der Waals surface area (Å²) in [4.78, 5) is 63.3. The van der Waals surface area contributed by atoms with E-state index in [1.54, 1.807) is 27.7 Å². The number of carboxylic acid groups (broad SMARTS) is 1. The van der Waals surface area contributed by atoms with Crippen LogP contribution < -0.4 is 19.3 Å². The molecule has 1 fully saturated rings. The molecule has 1 aliphatic rings. The molecule has 0 aliphatic carbocycles. The van der Waals surface area contributed by atoms with E-state index in [2.05, 4.69) is 9.97 Å². The number of amides is 2. The first-order valence-electron chi connectivity index (χ1n) is 23.2. The highest BCUT2D eigenvalue weighted by atomic mass is 35.5. The number of rotatable bonds is 15. The minimum Gasteiger partial charge on any atom is -0.478 e. The van der Waals surface area contributed by atoms with Crippen molar-refractivity contribution in [3.63, 3.8) is 0 Å². The van der Waals surface area contributed by atoms with E-state index < -0.39 is 99.5 Å². The van der Waals surface area contributed by atoms with Crippen molar-refractivity contribution >= 4 is 69.9 Å². The van der Waals surface area contributed by atoms with Crippen molar-refractivity contribution in [2.45, 2.75) is 64.6 Å². The third kappa shape index (κ3) is 14.7. The molecule has 0 unspecified atom stereocenters. The SMILES string of the molecule is CC(C)N(C(=O)c1ccc(Cl)cn1)c1cc(F)c(Oc2ccc(CN3CCOCC3)cc2C(F)(F)F)cc1C(=O)O.COC(=O)c1cc(Oc2ccc(CCl)cc2C(F)(F)F)c(F)cc1N(C(=O)c1ccc(Cl)cn1)C(C)C. The number of anilines is 2. The molecule has 0 spiro atoms. The summed E-state index contributed by atoms with van der Waals surface area (Å²) in [6.07, 6.45) is -7.19. The molecule has 4 aromatic carbocycles. The molecular formula is C53H46Cl3F8N5O9. The van der Waals surface area contributed by atoms with Crippen LogP contribution in [-0.2, 0) is 34.3 Å². The lowest BCUT2D eigenvalue weighted by molar-refractivity contribution is -0.139. The van der Waals surface area contributed by atoms with Crippen LogP contribution in [0.4, 0.5) is 46.5 Å². The summed E-state index contributed by atoms with van der Waals surface area (Å²) in [5, 5.41) is 10.5. The van der Waals surface area contributed by atoms with E-state index in [-0.39, 0.29) is 56.4 Å². The van der Waals surface area contributed by atoms with Crippen LogP contribution in [0.2, 0.25) is 10.0 Å². The standard InChI is InChI=1S/C28H26ClF4N3O5.C25H20Cl2F4N2O4/c1-16(2)36(26(37)22-5-4-18(29)14-34-22)23-13-21(30)25(12-19(23)27(38)39)41-24-6-3-17(11-20(24)28(31,32)33)15-35-7-9-40-10-8-35;1-13(2)33(23(34)19-6-5-15(27)12-32-19)20-10-18(28)22(9-16(20)24(35)36-3)37-21-7-4-14(11-26)8-17(21)25(29,30)31/h3-6,11-14,16H,7-10,15H2,1-2H3,(H,38,39);4-10,12-13H,11H2,1-3H3. The van der Waals surface area contributed by atoms with Gasteiger partial charge in [0.15, 0.2) is 23.1 Å². The number of methoxy groups -OCH3 is 1. The van der Waals surface area contributed by atoms with Gasteiger partial charge in [0.2, 0.25) is 0 Å². The van der Waals surface area contributed by atoms with Crippen LogP contribution in [0.3, 0.4) is 0 Å². The first-order chi connectivity index (χ1) is 36.7. The highest BCUT2D eigenvalue weighted by Crippen LogP contribution is 2.43. The zero-order chi connectivity index (χ0) is 57.4. The minimum absolute atomic E-state index is 0.0381.